The van der Waals surface area contributed by atoms with Gasteiger partial charge in [0.15, 0.2) is 5.69 Å². The summed E-state index contributed by atoms with van der Waals surface area (Å²) in [6.07, 6.45) is 1.87. The number of fused-ring (bicyclic) bond motifs is 3. The molecule has 0 aliphatic carbocycles. The predicted molar refractivity (Wildman–Crippen MR) is 144 cm³/mol. The molecule has 0 fully saturated rings. The van der Waals surface area contributed by atoms with E-state index >= 15 is 0 Å². The number of ether oxygens (including phenoxy) is 2. The van der Waals surface area contributed by atoms with Crippen LogP contribution in [0.25, 0.3) is 28.2 Å². The van der Waals surface area contributed by atoms with E-state index in [1.54, 1.807) is 46.6 Å². The van der Waals surface area contributed by atoms with Crippen molar-refractivity contribution in [3.8, 4) is 39.7 Å². The molecule has 8 nitrogen and oxygen atoms in total. The Bertz CT molecular complexity index is 1510. The van der Waals surface area contributed by atoms with E-state index < -0.39 is 5.54 Å². The van der Waals surface area contributed by atoms with Crippen LogP contribution >= 0.6 is 23.2 Å². The summed E-state index contributed by atoms with van der Waals surface area (Å²) in [7, 11) is 5.24. The van der Waals surface area contributed by atoms with Gasteiger partial charge in [0.25, 0.3) is 5.91 Å². The summed E-state index contributed by atoms with van der Waals surface area (Å²) >= 11 is 12.7. The standard InChI is InChI=1S/C27H27Cl2N5O3/c1-27(2,3)33(5)26(35)24-20-14-37-23-13-22(36-6)18(21-7-8-32(4)30-21)12-19(23)25(20)34(31-24)17-10-15(28)9-16(29)11-17/h7-13H,14H2,1-6H3. The SMILES string of the molecule is COc1cc2c(cc1-c1ccn(C)n1)-c1c(c(C(=O)N(C)C(C)(C)C)nn1-c1cc(Cl)cc(Cl)c1)CO2. The quantitative estimate of drug-likeness (QED) is 0.317. The van der Waals surface area contributed by atoms with Gasteiger partial charge < -0.3 is 14.4 Å². The fraction of sp³-hybridized carbons (Fsp3) is 0.296. The minimum Gasteiger partial charge on any atom is -0.496 e. The Balaban J connectivity index is 1.79. The average molecular weight is 540 g/mol. The number of hydrogen-bond acceptors (Lipinski definition) is 5. The summed E-state index contributed by atoms with van der Waals surface area (Å²) in [6, 6.07) is 10.9. The first kappa shape index (κ1) is 25.2. The molecule has 5 rings (SSSR count). The van der Waals surface area contributed by atoms with Gasteiger partial charge in [-0.2, -0.15) is 10.2 Å². The number of hydrogen-bond donors (Lipinski definition) is 0. The molecule has 4 aromatic rings. The fourth-order valence-corrected chi connectivity index (χ4v) is 4.81. The van der Waals surface area contributed by atoms with Gasteiger partial charge in [-0.3, -0.25) is 9.48 Å². The average Bonchev–Trinajstić information content (AvgIpc) is 3.45. The second-order valence-electron chi connectivity index (χ2n) is 9.96. The summed E-state index contributed by atoms with van der Waals surface area (Å²) in [5, 5.41) is 10.3. The van der Waals surface area contributed by atoms with Crippen LogP contribution in [0.15, 0.2) is 42.6 Å². The highest BCUT2D eigenvalue weighted by Crippen LogP contribution is 2.46. The van der Waals surface area contributed by atoms with Crippen LogP contribution < -0.4 is 9.47 Å². The maximum Gasteiger partial charge on any atom is 0.274 e. The Morgan fingerprint density at radius 3 is 2.38 bits per heavy atom. The van der Waals surface area contributed by atoms with Gasteiger partial charge in [-0.15, -0.1) is 0 Å². The van der Waals surface area contributed by atoms with Crippen molar-refractivity contribution in [2.45, 2.75) is 32.9 Å². The molecule has 1 aliphatic heterocycles. The first-order chi connectivity index (χ1) is 17.5. The number of amides is 1. The van der Waals surface area contributed by atoms with E-state index in [1.165, 1.54) is 0 Å². The molecule has 0 atom stereocenters. The van der Waals surface area contributed by atoms with Crippen molar-refractivity contribution in [3.05, 3.63) is 63.9 Å². The number of carbonyl (C=O) groups is 1. The van der Waals surface area contributed by atoms with Gasteiger partial charge >= 0.3 is 0 Å². The first-order valence-electron chi connectivity index (χ1n) is 11.7. The zero-order chi connectivity index (χ0) is 26.6. The number of benzene rings is 2. The molecule has 0 N–H and O–H groups in total. The first-order valence-corrected chi connectivity index (χ1v) is 12.4. The largest absolute Gasteiger partial charge is 0.496 e. The molecule has 37 heavy (non-hydrogen) atoms. The van der Waals surface area contributed by atoms with E-state index in [-0.39, 0.29) is 12.5 Å². The number of carbonyl (C=O) groups excluding carboxylic acids is 1. The van der Waals surface area contributed by atoms with Crippen molar-refractivity contribution in [3.63, 3.8) is 0 Å². The molecule has 2 aromatic carbocycles. The zero-order valence-electron chi connectivity index (χ0n) is 21.5. The van der Waals surface area contributed by atoms with Crippen LogP contribution in [0.1, 0.15) is 36.8 Å². The lowest BCUT2D eigenvalue weighted by Gasteiger charge is -2.31. The van der Waals surface area contributed by atoms with Gasteiger partial charge in [0.05, 0.1) is 24.2 Å². The maximum absolute atomic E-state index is 13.7. The van der Waals surface area contributed by atoms with Gasteiger partial charge in [0.1, 0.15) is 18.1 Å². The predicted octanol–water partition coefficient (Wildman–Crippen LogP) is 6.02. The molecule has 192 valence electrons. The molecule has 0 radical (unpaired) electrons. The molecule has 1 aliphatic rings. The van der Waals surface area contributed by atoms with Crippen LogP contribution in [0.4, 0.5) is 0 Å². The van der Waals surface area contributed by atoms with Crippen LogP contribution in [0.2, 0.25) is 10.0 Å². The van der Waals surface area contributed by atoms with Gasteiger partial charge in [0.2, 0.25) is 0 Å². The van der Waals surface area contributed by atoms with Crippen molar-refractivity contribution in [1.29, 1.82) is 0 Å². The van der Waals surface area contributed by atoms with Crippen LogP contribution in [-0.2, 0) is 13.7 Å². The number of methoxy groups -OCH3 is 1. The molecule has 1 amide bonds. The van der Waals surface area contributed by atoms with Gasteiger partial charge in [0, 0.05) is 58.6 Å². The van der Waals surface area contributed by atoms with Crippen molar-refractivity contribution in [1.82, 2.24) is 24.5 Å². The van der Waals surface area contributed by atoms with Crippen LogP contribution in [0, 0.1) is 0 Å². The van der Waals surface area contributed by atoms with E-state index in [4.69, 9.17) is 37.8 Å². The molecule has 3 heterocycles. The zero-order valence-corrected chi connectivity index (χ0v) is 23.0. The number of halogens is 2. The highest BCUT2D eigenvalue weighted by Gasteiger charge is 2.34. The molecular formula is C27H27Cl2N5O3. The lowest BCUT2D eigenvalue weighted by molar-refractivity contribution is 0.0646. The highest BCUT2D eigenvalue weighted by atomic mass is 35.5. The summed E-state index contributed by atoms with van der Waals surface area (Å²) in [5.74, 6) is 1.03. The molecule has 0 spiro atoms. The van der Waals surface area contributed by atoms with Crippen molar-refractivity contribution < 1.29 is 14.3 Å². The summed E-state index contributed by atoms with van der Waals surface area (Å²) in [4.78, 5) is 15.3. The molecule has 0 saturated heterocycles. The number of rotatable bonds is 4. The Hall–Kier alpha value is -3.49. The topological polar surface area (TPSA) is 74.4 Å². The molecule has 10 heteroatoms. The molecule has 0 bridgehead atoms. The van der Waals surface area contributed by atoms with E-state index in [2.05, 4.69) is 5.10 Å². The second-order valence-corrected chi connectivity index (χ2v) is 10.8. The Kier molecular flexibility index (Phi) is 6.20. The van der Waals surface area contributed by atoms with E-state index in [1.807, 2.05) is 52.2 Å². The van der Waals surface area contributed by atoms with E-state index in [9.17, 15) is 4.79 Å². The van der Waals surface area contributed by atoms with Crippen LogP contribution in [-0.4, -0.2) is 50.1 Å². The van der Waals surface area contributed by atoms with Crippen molar-refractivity contribution >= 4 is 29.1 Å². The summed E-state index contributed by atoms with van der Waals surface area (Å²) in [6.45, 7) is 6.09. The van der Waals surface area contributed by atoms with E-state index in [0.717, 1.165) is 22.5 Å². The third-order valence-electron chi connectivity index (χ3n) is 6.51. The lowest BCUT2D eigenvalue weighted by Crippen LogP contribution is -2.43. The minimum atomic E-state index is -0.403. The smallest absolute Gasteiger partial charge is 0.274 e. The number of aromatic nitrogens is 4. The Morgan fingerprint density at radius 1 is 1.08 bits per heavy atom. The molecule has 0 unspecified atom stereocenters. The third-order valence-corrected chi connectivity index (χ3v) is 6.94. The van der Waals surface area contributed by atoms with Gasteiger partial charge in [-0.05, 0) is 51.1 Å². The molecule has 0 saturated carbocycles. The second kappa shape index (κ2) is 9.11. The fourth-order valence-electron chi connectivity index (χ4n) is 4.29. The van der Waals surface area contributed by atoms with Gasteiger partial charge in [-0.1, -0.05) is 23.2 Å². The number of aryl methyl sites for hydroxylation is 1. The van der Waals surface area contributed by atoms with Gasteiger partial charge in [-0.25, -0.2) is 4.68 Å². The Morgan fingerprint density at radius 2 is 1.78 bits per heavy atom. The molecule has 2 aromatic heterocycles. The third kappa shape index (κ3) is 4.45. The molecular weight excluding hydrogens is 513 g/mol. The lowest BCUT2D eigenvalue weighted by atomic mass is 9.97. The normalized spacial score (nSPS) is 12.5. The minimum absolute atomic E-state index is 0.168. The summed E-state index contributed by atoms with van der Waals surface area (Å²) < 4.78 is 15.3. The maximum atomic E-state index is 13.7. The van der Waals surface area contributed by atoms with Crippen molar-refractivity contribution in [2.75, 3.05) is 14.2 Å². The van der Waals surface area contributed by atoms with E-state index in [0.29, 0.717) is 38.5 Å². The number of nitrogens with zero attached hydrogens (tertiary/aromatic N) is 5. The summed E-state index contributed by atoms with van der Waals surface area (Å²) in [5.41, 5.74) is 4.24. The highest BCUT2D eigenvalue weighted by molar-refractivity contribution is 6.34. The van der Waals surface area contributed by atoms with Crippen LogP contribution in [0.3, 0.4) is 0 Å². The monoisotopic (exact) mass is 539 g/mol. The van der Waals surface area contributed by atoms with Crippen LogP contribution in [0.5, 0.6) is 11.5 Å². The van der Waals surface area contributed by atoms with Crippen molar-refractivity contribution in [2.24, 2.45) is 7.05 Å². The Labute approximate surface area is 225 Å².